The number of aromatic nitrogens is 4. The van der Waals surface area contributed by atoms with Crippen molar-refractivity contribution in [3.8, 4) is 0 Å². The van der Waals surface area contributed by atoms with E-state index >= 15 is 0 Å². The summed E-state index contributed by atoms with van der Waals surface area (Å²) in [4.78, 5) is 22.3. The van der Waals surface area contributed by atoms with Crippen LogP contribution < -0.4 is 15.4 Å². The summed E-state index contributed by atoms with van der Waals surface area (Å²) in [5, 5.41) is 32.3. The molecule has 0 unspecified atom stereocenters. The third-order valence-corrected chi connectivity index (χ3v) is 5.10. The van der Waals surface area contributed by atoms with Crippen molar-refractivity contribution in [3.63, 3.8) is 0 Å². The minimum atomic E-state index is -1.35. The normalized spacial score (nSPS) is 24.7. The number of hydrazine groups is 1. The van der Waals surface area contributed by atoms with Crippen LogP contribution in [0, 0.1) is 0 Å². The second-order valence-corrected chi connectivity index (χ2v) is 7.31. The number of aromatic amines is 1. The number of H-pyrrole nitrogens is 1. The Balaban J connectivity index is 1.61. The third-order valence-electron chi connectivity index (χ3n) is 4.85. The van der Waals surface area contributed by atoms with E-state index in [2.05, 4.69) is 25.8 Å². The number of aliphatic hydroxyl groups is 3. The number of benzene rings is 1. The predicted molar refractivity (Wildman–Crippen MR) is 104 cm³/mol. The van der Waals surface area contributed by atoms with Crippen molar-refractivity contribution in [2.75, 3.05) is 5.43 Å². The maximum absolute atomic E-state index is 11.1. The van der Waals surface area contributed by atoms with E-state index in [1.165, 1.54) is 24.1 Å². The minimum Gasteiger partial charge on any atom is -0.387 e. The van der Waals surface area contributed by atoms with Crippen LogP contribution in [-0.2, 0) is 9.53 Å². The van der Waals surface area contributed by atoms with E-state index in [0.29, 0.717) is 27.6 Å². The van der Waals surface area contributed by atoms with Crippen LogP contribution in [0.2, 0.25) is 5.02 Å². The lowest BCUT2D eigenvalue weighted by molar-refractivity contribution is -0.745. The summed E-state index contributed by atoms with van der Waals surface area (Å²) < 4.78 is 7.32. The number of hydrogen-bond acceptors (Lipinski definition) is 8. The fourth-order valence-electron chi connectivity index (χ4n) is 3.36. The number of anilines is 1. The highest BCUT2D eigenvalue weighted by atomic mass is 35.5. The van der Waals surface area contributed by atoms with Crippen molar-refractivity contribution < 1.29 is 29.4 Å². The van der Waals surface area contributed by atoms with Gasteiger partial charge in [0.15, 0.2) is 18.5 Å². The van der Waals surface area contributed by atoms with E-state index in [1.807, 2.05) is 0 Å². The number of ether oxygens (including phenoxy) is 1. The van der Waals surface area contributed by atoms with Gasteiger partial charge in [0.25, 0.3) is 0 Å². The Morgan fingerprint density at radius 2 is 2.00 bits per heavy atom. The third kappa shape index (κ3) is 3.68. The molecule has 1 fully saturated rings. The Morgan fingerprint density at radius 3 is 2.70 bits per heavy atom. The van der Waals surface area contributed by atoms with Crippen LogP contribution in [0.4, 0.5) is 5.82 Å². The van der Waals surface area contributed by atoms with Gasteiger partial charge in [0.2, 0.25) is 17.7 Å². The Hall–Kier alpha value is -2.83. The van der Waals surface area contributed by atoms with Gasteiger partial charge in [-0.1, -0.05) is 28.7 Å². The number of amides is 1. The molecule has 30 heavy (non-hydrogen) atoms. The molecular weight excluding hydrogens is 416 g/mol. The molecule has 6 N–H and O–H groups in total. The quantitative estimate of drug-likeness (QED) is 0.236. The van der Waals surface area contributed by atoms with Crippen LogP contribution in [0.15, 0.2) is 36.9 Å². The molecule has 0 spiro atoms. The second kappa shape index (κ2) is 8.13. The van der Waals surface area contributed by atoms with Crippen molar-refractivity contribution in [1.82, 2.24) is 20.4 Å². The summed E-state index contributed by atoms with van der Waals surface area (Å²) in [6.45, 7) is 1.34. The fourth-order valence-corrected chi connectivity index (χ4v) is 3.49. The number of aliphatic hydroxyl groups excluding tert-OH is 3. The molecule has 2 aromatic heterocycles. The van der Waals surface area contributed by atoms with Gasteiger partial charge in [-0.25, -0.2) is 4.57 Å². The molecule has 1 saturated heterocycles. The number of nitrogens with zero attached hydrogens (tertiary/aromatic N) is 3. The number of nitrogens with one attached hydrogen (secondary N) is 3. The fraction of sp³-hybridized carbons (Fsp3) is 0.333. The topological polar surface area (TPSA) is 156 Å². The van der Waals surface area contributed by atoms with Gasteiger partial charge in [0.1, 0.15) is 24.4 Å². The average molecular weight is 436 g/mol. The zero-order chi connectivity index (χ0) is 21.4. The Labute approximate surface area is 175 Å². The van der Waals surface area contributed by atoms with Gasteiger partial charge in [-0.05, 0) is 17.7 Å². The maximum Gasteiger partial charge on any atom is 0.309 e. The Morgan fingerprint density at radius 1 is 1.27 bits per heavy atom. The van der Waals surface area contributed by atoms with E-state index in [1.54, 1.807) is 24.3 Å². The molecule has 1 aromatic carbocycles. The van der Waals surface area contributed by atoms with Crippen LogP contribution in [-0.4, -0.2) is 54.5 Å². The highest BCUT2D eigenvalue weighted by Crippen LogP contribution is 2.34. The standard InChI is InChI=1S/C18H19ClN6O5/c1-8(26)23-24-16-11-17(21-6-20-16)25(7-22-11)18-14(29)13(28)15(30-18)12(27)9-2-4-10(19)5-3-9/h2-7,12-15,18,27-29H,1H3,(H2,20,21,23,24,26)/p+1/t12-,13+,14-,15-,18-/m1/s1. The summed E-state index contributed by atoms with van der Waals surface area (Å²) in [5.74, 6) is -0.00220. The number of rotatable bonds is 5. The Kier molecular flexibility index (Phi) is 5.54. The van der Waals surface area contributed by atoms with Crippen molar-refractivity contribution in [1.29, 1.82) is 0 Å². The Bertz CT molecular complexity index is 1060. The highest BCUT2D eigenvalue weighted by Gasteiger charge is 2.49. The zero-order valence-corrected chi connectivity index (χ0v) is 16.5. The number of carbonyl (C=O) groups excluding carboxylic acids is 1. The molecule has 158 valence electrons. The summed E-state index contributed by atoms with van der Waals surface area (Å²) in [5.41, 5.74) is 6.38. The molecule has 3 heterocycles. The molecule has 12 heteroatoms. The summed E-state index contributed by atoms with van der Waals surface area (Å²) >= 11 is 5.88. The van der Waals surface area contributed by atoms with Crippen LogP contribution in [0.1, 0.15) is 24.8 Å². The lowest BCUT2D eigenvalue weighted by Crippen LogP contribution is -2.45. The molecule has 5 atom stereocenters. The number of carbonyl (C=O) groups is 1. The monoisotopic (exact) mass is 435 g/mol. The maximum atomic E-state index is 11.1. The summed E-state index contributed by atoms with van der Waals surface area (Å²) in [6, 6.07) is 6.47. The molecule has 1 aliphatic heterocycles. The van der Waals surface area contributed by atoms with Gasteiger partial charge < -0.3 is 20.1 Å². The first-order valence-electron chi connectivity index (χ1n) is 9.07. The predicted octanol–water partition coefficient (Wildman–Crippen LogP) is -0.285. The van der Waals surface area contributed by atoms with Crippen molar-refractivity contribution in [3.05, 3.63) is 47.5 Å². The van der Waals surface area contributed by atoms with E-state index < -0.39 is 30.6 Å². The molecule has 1 amide bonds. The summed E-state index contributed by atoms with van der Waals surface area (Å²) in [7, 11) is 0. The molecule has 0 bridgehead atoms. The van der Waals surface area contributed by atoms with Crippen LogP contribution in [0.25, 0.3) is 11.2 Å². The lowest BCUT2D eigenvalue weighted by Gasteiger charge is -2.21. The smallest absolute Gasteiger partial charge is 0.309 e. The van der Waals surface area contributed by atoms with Gasteiger partial charge in [-0.15, -0.1) is 0 Å². The first-order chi connectivity index (χ1) is 14.4. The molecule has 1 aliphatic rings. The van der Waals surface area contributed by atoms with Gasteiger partial charge in [-0.3, -0.25) is 20.6 Å². The molecule has 4 rings (SSSR count). The van der Waals surface area contributed by atoms with E-state index in [0.717, 1.165) is 0 Å². The summed E-state index contributed by atoms with van der Waals surface area (Å²) in [6.07, 6.45) is -3.20. The van der Waals surface area contributed by atoms with Crippen molar-refractivity contribution in [2.45, 2.75) is 37.6 Å². The van der Waals surface area contributed by atoms with Crippen molar-refractivity contribution in [2.24, 2.45) is 0 Å². The first kappa shape index (κ1) is 20.4. The van der Waals surface area contributed by atoms with Crippen LogP contribution >= 0.6 is 11.6 Å². The first-order valence-corrected chi connectivity index (χ1v) is 9.45. The number of hydrogen-bond donors (Lipinski definition) is 6. The number of fused-ring (bicyclic) bond motifs is 1. The van der Waals surface area contributed by atoms with Gasteiger partial charge in [0.05, 0.1) is 0 Å². The second-order valence-electron chi connectivity index (χ2n) is 6.88. The van der Waals surface area contributed by atoms with Crippen LogP contribution in [0.3, 0.4) is 0 Å². The molecule has 0 aliphatic carbocycles. The SMILES string of the molecule is CC(=O)NNc1ncnc2c1[nH]c[n+]2[C@@H]1O[C@H]([C@H](O)c2ccc(Cl)cc2)[C@@H](O)[C@H]1O. The molecule has 3 aromatic rings. The molecule has 0 radical (unpaired) electrons. The molecular formula is C18H20ClN6O5+. The van der Waals surface area contributed by atoms with Gasteiger partial charge >= 0.3 is 5.65 Å². The minimum absolute atomic E-state index is 0.305. The van der Waals surface area contributed by atoms with E-state index in [4.69, 9.17) is 16.3 Å². The van der Waals surface area contributed by atoms with E-state index in [-0.39, 0.29) is 5.91 Å². The number of halogens is 1. The van der Waals surface area contributed by atoms with Gasteiger partial charge in [-0.2, -0.15) is 4.98 Å². The van der Waals surface area contributed by atoms with E-state index in [9.17, 15) is 20.1 Å². The largest absolute Gasteiger partial charge is 0.387 e. The average Bonchev–Trinajstić information content (AvgIpc) is 3.28. The van der Waals surface area contributed by atoms with Crippen molar-refractivity contribution >= 4 is 34.5 Å². The van der Waals surface area contributed by atoms with Crippen LogP contribution in [0.5, 0.6) is 0 Å². The number of imidazole rings is 1. The molecule has 0 saturated carbocycles. The lowest BCUT2D eigenvalue weighted by atomic mass is 9.99. The zero-order valence-electron chi connectivity index (χ0n) is 15.7. The molecule has 11 nitrogen and oxygen atoms in total. The van der Waals surface area contributed by atoms with Gasteiger partial charge in [0, 0.05) is 11.9 Å². The highest BCUT2D eigenvalue weighted by molar-refractivity contribution is 6.30.